The Morgan fingerprint density at radius 1 is 0.889 bits per heavy atom. The van der Waals surface area contributed by atoms with Crippen molar-refractivity contribution in [3.8, 4) is 0 Å². The second kappa shape index (κ2) is 11.5. The number of nitrogens with one attached hydrogen (secondary N) is 3. The van der Waals surface area contributed by atoms with E-state index in [-0.39, 0.29) is 11.8 Å². The van der Waals surface area contributed by atoms with E-state index in [1.165, 1.54) is 12.8 Å². The first kappa shape index (κ1) is 17.4. The quantitative estimate of drug-likeness (QED) is 0.492. The molecule has 0 heterocycles. The fraction of sp³-hybridized carbons (Fsp3) is 0.929. The van der Waals surface area contributed by atoms with Crippen LogP contribution in [0.1, 0.15) is 47.0 Å². The Labute approximate surface area is 112 Å². The Balaban J connectivity index is 3.10. The van der Waals surface area contributed by atoms with Gasteiger partial charge in [0.2, 0.25) is 5.91 Å². The second-order valence-electron chi connectivity index (χ2n) is 5.37. The molecule has 3 N–H and O–H groups in total. The highest BCUT2D eigenvalue weighted by Gasteiger charge is 2.04. The van der Waals surface area contributed by atoms with Crippen LogP contribution in [-0.4, -0.2) is 38.1 Å². The summed E-state index contributed by atoms with van der Waals surface area (Å²) in [5.74, 6) is 0.257. The minimum absolute atomic E-state index is 0.0973. The zero-order valence-corrected chi connectivity index (χ0v) is 12.5. The van der Waals surface area contributed by atoms with Gasteiger partial charge in [-0.3, -0.25) is 4.79 Å². The maximum atomic E-state index is 11.3. The van der Waals surface area contributed by atoms with Gasteiger partial charge in [-0.15, -0.1) is 0 Å². The molecule has 0 saturated heterocycles. The van der Waals surface area contributed by atoms with Gasteiger partial charge in [0.05, 0.1) is 0 Å². The van der Waals surface area contributed by atoms with Crippen LogP contribution < -0.4 is 16.0 Å². The smallest absolute Gasteiger partial charge is 0.222 e. The molecule has 0 aliphatic rings. The average molecular weight is 257 g/mol. The molecular weight excluding hydrogens is 226 g/mol. The molecule has 0 aliphatic heterocycles. The second-order valence-corrected chi connectivity index (χ2v) is 5.37. The maximum Gasteiger partial charge on any atom is 0.222 e. The summed E-state index contributed by atoms with van der Waals surface area (Å²) >= 11 is 0. The molecule has 108 valence electrons. The summed E-state index contributed by atoms with van der Waals surface area (Å²) in [6.07, 6.45) is 3.42. The Hall–Kier alpha value is -0.610. The van der Waals surface area contributed by atoms with Crippen molar-refractivity contribution in [3.63, 3.8) is 0 Å². The van der Waals surface area contributed by atoms with E-state index in [4.69, 9.17) is 0 Å². The number of hydrogen-bond donors (Lipinski definition) is 3. The molecule has 4 heteroatoms. The SMILES string of the molecule is CC(C)NCCNCCCCCNC(=O)C(C)C. The van der Waals surface area contributed by atoms with E-state index in [1.807, 2.05) is 13.8 Å². The van der Waals surface area contributed by atoms with E-state index < -0.39 is 0 Å². The predicted molar refractivity (Wildman–Crippen MR) is 77.7 cm³/mol. The van der Waals surface area contributed by atoms with Crippen molar-refractivity contribution in [3.05, 3.63) is 0 Å². The molecule has 0 radical (unpaired) electrons. The van der Waals surface area contributed by atoms with Gasteiger partial charge < -0.3 is 16.0 Å². The van der Waals surface area contributed by atoms with Gasteiger partial charge in [0.1, 0.15) is 0 Å². The number of carbonyl (C=O) groups excluding carboxylic acids is 1. The lowest BCUT2D eigenvalue weighted by molar-refractivity contribution is -0.123. The molecular formula is C14H31N3O. The molecule has 1 amide bonds. The number of amides is 1. The van der Waals surface area contributed by atoms with Crippen molar-refractivity contribution in [2.24, 2.45) is 5.92 Å². The summed E-state index contributed by atoms with van der Waals surface area (Å²) < 4.78 is 0. The third-order valence-corrected chi connectivity index (χ3v) is 2.71. The topological polar surface area (TPSA) is 53.2 Å². The summed E-state index contributed by atoms with van der Waals surface area (Å²) in [6.45, 7) is 12.1. The summed E-state index contributed by atoms with van der Waals surface area (Å²) in [4.78, 5) is 11.3. The van der Waals surface area contributed by atoms with Gasteiger partial charge in [-0.1, -0.05) is 34.1 Å². The Morgan fingerprint density at radius 3 is 2.17 bits per heavy atom. The van der Waals surface area contributed by atoms with Crippen LogP contribution in [0.25, 0.3) is 0 Å². The standard InChI is InChI=1S/C14H31N3O/c1-12(2)14(18)17-9-7-5-6-8-15-10-11-16-13(3)4/h12-13,15-16H,5-11H2,1-4H3,(H,17,18). The highest BCUT2D eigenvalue weighted by molar-refractivity contribution is 5.77. The van der Waals surface area contributed by atoms with Crippen molar-refractivity contribution < 1.29 is 4.79 Å². The number of hydrogen-bond acceptors (Lipinski definition) is 3. The molecule has 0 fully saturated rings. The molecule has 0 bridgehead atoms. The molecule has 0 atom stereocenters. The Bertz CT molecular complexity index is 205. The van der Waals surface area contributed by atoms with Gasteiger partial charge in [0.25, 0.3) is 0 Å². The Morgan fingerprint density at radius 2 is 1.56 bits per heavy atom. The zero-order chi connectivity index (χ0) is 13.8. The molecule has 0 aromatic heterocycles. The van der Waals surface area contributed by atoms with E-state index in [1.54, 1.807) is 0 Å². The lowest BCUT2D eigenvalue weighted by Crippen LogP contribution is -2.32. The largest absolute Gasteiger partial charge is 0.356 e. The van der Waals surface area contributed by atoms with Crippen LogP contribution in [0.5, 0.6) is 0 Å². The molecule has 0 saturated carbocycles. The van der Waals surface area contributed by atoms with Crippen molar-refractivity contribution in [1.82, 2.24) is 16.0 Å². The third kappa shape index (κ3) is 11.9. The summed E-state index contributed by atoms with van der Waals surface area (Å²) in [6, 6.07) is 0.566. The zero-order valence-electron chi connectivity index (χ0n) is 12.5. The van der Waals surface area contributed by atoms with Crippen LogP contribution in [-0.2, 0) is 4.79 Å². The molecule has 0 aromatic carbocycles. The van der Waals surface area contributed by atoms with Crippen LogP contribution >= 0.6 is 0 Å². The molecule has 0 unspecified atom stereocenters. The highest BCUT2D eigenvalue weighted by Crippen LogP contribution is 1.94. The van der Waals surface area contributed by atoms with Crippen molar-refractivity contribution in [1.29, 1.82) is 0 Å². The minimum Gasteiger partial charge on any atom is -0.356 e. The van der Waals surface area contributed by atoms with E-state index in [0.29, 0.717) is 6.04 Å². The number of carbonyl (C=O) groups is 1. The number of unbranched alkanes of at least 4 members (excludes halogenated alkanes) is 2. The summed E-state index contributed by atoms with van der Waals surface area (Å²) in [7, 11) is 0. The van der Waals surface area contributed by atoms with Crippen LogP contribution in [0.3, 0.4) is 0 Å². The van der Waals surface area contributed by atoms with Crippen molar-refractivity contribution in [2.75, 3.05) is 26.2 Å². The van der Waals surface area contributed by atoms with Gasteiger partial charge in [-0.05, 0) is 19.4 Å². The lowest BCUT2D eigenvalue weighted by atomic mass is 10.2. The average Bonchev–Trinajstić information content (AvgIpc) is 2.30. The molecule has 0 rings (SSSR count). The van der Waals surface area contributed by atoms with E-state index in [9.17, 15) is 4.79 Å². The van der Waals surface area contributed by atoms with Gasteiger partial charge in [0.15, 0.2) is 0 Å². The fourth-order valence-electron chi connectivity index (χ4n) is 1.54. The highest BCUT2D eigenvalue weighted by atomic mass is 16.1. The van der Waals surface area contributed by atoms with Crippen molar-refractivity contribution >= 4 is 5.91 Å². The van der Waals surface area contributed by atoms with Gasteiger partial charge >= 0.3 is 0 Å². The van der Waals surface area contributed by atoms with Crippen LogP contribution in [0.2, 0.25) is 0 Å². The van der Waals surface area contributed by atoms with Gasteiger partial charge in [-0.25, -0.2) is 0 Å². The minimum atomic E-state index is 0.0973. The van der Waals surface area contributed by atoms with Crippen LogP contribution in [0.15, 0.2) is 0 Å². The van der Waals surface area contributed by atoms with Gasteiger partial charge in [0, 0.05) is 31.6 Å². The van der Waals surface area contributed by atoms with Crippen LogP contribution in [0.4, 0.5) is 0 Å². The monoisotopic (exact) mass is 257 g/mol. The van der Waals surface area contributed by atoms with E-state index in [0.717, 1.165) is 32.6 Å². The predicted octanol–water partition coefficient (Wildman–Crippen LogP) is 1.52. The Kier molecular flexibility index (Phi) is 11.1. The molecule has 0 aromatic rings. The maximum absolute atomic E-state index is 11.3. The first-order chi connectivity index (χ1) is 8.54. The molecule has 4 nitrogen and oxygen atoms in total. The van der Waals surface area contributed by atoms with E-state index in [2.05, 4.69) is 29.8 Å². The van der Waals surface area contributed by atoms with Crippen LogP contribution in [0, 0.1) is 5.92 Å². The van der Waals surface area contributed by atoms with Gasteiger partial charge in [-0.2, -0.15) is 0 Å². The molecule has 0 aliphatic carbocycles. The summed E-state index contributed by atoms with van der Waals surface area (Å²) in [5, 5.41) is 9.71. The fourth-order valence-corrected chi connectivity index (χ4v) is 1.54. The molecule has 18 heavy (non-hydrogen) atoms. The molecule has 0 spiro atoms. The van der Waals surface area contributed by atoms with Crippen molar-refractivity contribution in [2.45, 2.75) is 53.0 Å². The lowest BCUT2D eigenvalue weighted by Gasteiger charge is -2.09. The first-order valence-corrected chi connectivity index (χ1v) is 7.26. The van der Waals surface area contributed by atoms with E-state index >= 15 is 0 Å². The first-order valence-electron chi connectivity index (χ1n) is 7.26. The summed E-state index contributed by atoms with van der Waals surface area (Å²) in [5.41, 5.74) is 0. The number of rotatable bonds is 11. The third-order valence-electron chi connectivity index (χ3n) is 2.71. The normalized spacial score (nSPS) is 11.2.